The number of ether oxygens (including phenoxy) is 1. The molecule has 0 spiro atoms. The first kappa shape index (κ1) is 14.1. The summed E-state index contributed by atoms with van der Waals surface area (Å²) in [5, 5.41) is 0. The molecule has 0 fully saturated rings. The third kappa shape index (κ3) is 2.81. The largest absolute Gasteiger partial charge is 0.469 e. The first-order valence-electron chi connectivity index (χ1n) is 6.27. The van der Waals surface area contributed by atoms with Crippen LogP contribution in [0.5, 0.6) is 0 Å². The van der Waals surface area contributed by atoms with Crippen molar-refractivity contribution in [3.05, 3.63) is 52.0 Å². The van der Waals surface area contributed by atoms with Crippen LogP contribution in [0.15, 0.2) is 46.5 Å². The monoisotopic (exact) mass is 320 g/mol. The van der Waals surface area contributed by atoms with Crippen molar-refractivity contribution < 1.29 is 9.53 Å². The summed E-state index contributed by atoms with van der Waals surface area (Å²) in [6, 6.07) is 8.22. The number of halogens is 1. The molecule has 19 heavy (non-hydrogen) atoms. The average molecular weight is 321 g/mol. The number of hydrogen-bond donors (Lipinski definition) is 0. The van der Waals surface area contributed by atoms with Gasteiger partial charge in [0.15, 0.2) is 0 Å². The smallest absolute Gasteiger partial charge is 0.313 e. The highest BCUT2D eigenvalue weighted by Crippen LogP contribution is 2.35. The number of carbonyl (C=O) groups is 1. The zero-order chi connectivity index (χ0) is 14.0. The third-order valence-electron chi connectivity index (χ3n) is 3.75. The summed E-state index contributed by atoms with van der Waals surface area (Å²) in [4.78, 5) is 11.7. The predicted octanol–water partition coefficient (Wildman–Crippen LogP) is 4.22. The Balaban J connectivity index is 2.34. The minimum atomic E-state index is -0.177. The van der Waals surface area contributed by atoms with Crippen LogP contribution >= 0.6 is 15.9 Å². The van der Waals surface area contributed by atoms with Gasteiger partial charge in [0, 0.05) is 4.47 Å². The highest BCUT2D eigenvalue weighted by molar-refractivity contribution is 9.10. The van der Waals surface area contributed by atoms with E-state index in [4.69, 9.17) is 4.74 Å². The van der Waals surface area contributed by atoms with Gasteiger partial charge in [0.2, 0.25) is 0 Å². The maximum atomic E-state index is 11.7. The van der Waals surface area contributed by atoms with Gasteiger partial charge in [0.05, 0.1) is 13.0 Å². The van der Waals surface area contributed by atoms with Gasteiger partial charge < -0.3 is 4.74 Å². The van der Waals surface area contributed by atoms with E-state index >= 15 is 0 Å². The SMILES string of the molecule is COC(=O)C1C=CC(c2ccc(Br)cc2)=C(C)C1C. The summed E-state index contributed by atoms with van der Waals surface area (Å²) in [5.41, 5.74) is 3.59. The van der Waals surface area contributed by atoms with Crippen LogP contribution in [0, 0.1) is 11.8 Å². The zero-order valence-electron chi connectivity index (χ0n) is 11.3. The van der Waals surface area contributed by atoms with E-state index in [0.717, 1.165) is 4.47 Å². The Morgan fingerprint density at radius 2 is 1.89 bits per heavy atom. The molecule has 0 amide bonds. The van der Waals surface area contributed by atoms with Crippen LogP contribution in [0.3, 0.4) is 0 Å². The van der Waals surface area contributed by atoms with Gasteiger partial charge in [-0.05, 0) is 36.1 Å². The summed E-state index contributed by atoms with van der Waals surface area (Å²) in [6.07, 6.45) is 3.97. The lowest BCUT2D eigenvalue weighted by Gasteiger charge is -2.26. The minimum absolute atomic E-state index is 0.163. The fourth-order valence-corrected chi connectivity index (χ4v) is 2.65. The number of esters is 1. The van der Waals surface area contributed by atoms with Crippen molar-refractivity contribution in [2.45, 2.75) is 13.8 Å². The molecule has 2 unspecified atom stereocenters. The van der Waals surface area contributed by atoms with E-state index in [1.165, 1.54) is 23.8 Å². The Hall–Kier alpha value is -1.35. The normalized spacial score (nSPS) is 22.5. The number of hydrogen-bond acceptors (Lipinski definition) is 2. The lowest BCUT2D eigenvalue weighted by molar-refractivity contribution is -0.144. The van der Waals surface area contributed by atoms with E-state index in [2.05, 4.69) is 41.9 Å². The van der Waals surface area contributed by atoms with E-state index in [0.29, 0.717) is 0 Å². The third-order valence-corrected chi connectivity index (χ3v) is 4.27. The predicted molar refractivity (Wildman–Crippen MR) is 80.5 cm³/mol. The van der Waals surface area contributed by atoms with Gasteiger partial charge in [-0.2, -0.15) is 0 Å². The quantitative estimate of drug-likeness (QED) is 0.763. The molecule has 0 radical (unpaired) electrons. The Kier molecular flexibility index (Phi) is 4.25. The molecule has 2 rings (SSSR count). The molecule has 2 nitrogen and oxygen atoms in total. The van der Waals surface area contributed by atoms with Crippen LogP contribution in [0.25, 0.3) is 5.57 Å². The standard InChI is InChI=1S/C16H17BrO2/c1-10-11(2)15(16(18)19-3)9-8-14(10)12-4-6-13(17)7-5-12/h4-9,11,15H,1-3H3. The zero-order valence-corrected chi connectivity index (χ0v) is 12.9. The molecule has 3 heteroatoms. The van der Waals surface area contributed by atoms with Crippen LogP contribution in [0.2, 0.25) is 0 Å². The van der Waals surface area contributed by atoms with Gasteiger partial charge in [-0.3, -0.25) is 4.79 Å². The average Bonchev–Trinajstić information content (AvgIpc) is 2.42. The van der Waals surface area contributed by atoms with E-state index in [1.54, 1.807) is 0 Å². The van der Waals surface area contributed by atoms with Crippen LogP contribution < -0.4 is 0 Å². The second-order valence-corrected chi connectivity index (χ2v) is 5.72. The Labute approximate surface area is 122 Å². The lowest BCUT2D eigenvalue weighted by Crippen LogP contribution is -2.24. The topological polar surface area (TPSA) is 26.3 Å². The highest BCUT2D eigenvalue weighted by atomic mass is 79.9. The maximum Gasteiger partial charge on any atom is 0.313 e. The van der Waals surface area contributed by atoms with Gasteiger partial charge in [0.1, 0.15) is 0 Å². The minimum Gasteiger partial charge on any atom is -0.469 e. The number of allylic oxidation sites excluding steroid dienone is 3. The summed E-state index contributed by atoms with van der Waals surface area (Å²) in [7, 11) is 1.44. The van der Waals surface area contributed by atoms with Crippen molar-refractivity contribution >= 4 is 27.5 Å². The van der Waals surface area contributed by atoms with Crippen LogP contribution in [-0.4, -0.2) is 13.1 Å². The molecule has 0 saturated carbocycles. The van der Waals surface area contributed by atoms with Gasteiger partial charge in [0.25, 0.3) is 0 Å². The Morgan fingerprint density at radius 3 is 2.47 bits per heavy atom. The molecule has 100 valence electrons. The first-order chi connectivity index (χ1) is 9.04. The highest BCUT2D eigenvalue weighted by Gasteiger charge is 2.28. The summed E-state index contributed by atoms with van der Waals surface area (Å²) < 4.78 is 5.91. The Morgan fingerprint density at radius 1 is 1.26 bits per heavy atom. The summed E-state index contributed by atoms with van der Waals surface area (Å²) in [6.45, 7) is 4.15. The van der Waals surface area contributed by atoms with Gasteiger partial charge in [-0.1, -0.05) is 52.7 Å². The lowest BCUT2D eigenvalue weighted by atomic mass is 9.79. The molecule has 0 bridgehead atoms. The number of rotatable bonds is 2. The molecule has 0 saturated heterocycles. The van der Waals surface area contributed by atoms with Gasteiger partial charge in [-0.15, -0.1) is 0 Å². The molecule has 0 aliphatic heterocycles. The van der Waals surface area contributed by atoms with Crippen LogP contribution in [0.1, 0.15) is 19.4 Å². The van der Waals surface area contributed by atoms with Crippen molar-refractivity contribution in [1.29, 1.82) is 0 Å². The molecule has 2 atom stereocenters. The van der Waals surface area contributed by atoms with Crippen LogP contribution in [0.4, 0.5) is 0 Å². The molecule has 1 aliphatic rings. The summed E-state index contributed by atoms with van der Waals surface area (Å²) >= 11 is 3.44. The maximum absolute atomic E-state index is 11.7. The molecule has 1 aliphatic carbocycles. The second kappa shape index (κ2) is 5.74. The van der Waals surface area contributed by atoms with Crippen molar-refractivity contribution in [3.63, 3.8) is 0 Å². The molecular formula is C16H17BrO2. The van der Waals surface area contributed by atoms with E-state index in [1.807, 2.05) is 24.3 Å². The Bertz CT molecular complexity index is 540. The van der Waals surface area contributed by atoms with Crippen molar-refractivity contribution in [2.75, 3.05) is 7.11 Å². The van der Waals surface area contributed by atoms with E-state index in [9.17, 15) is 4.79 Å². The molecule has 0 heterocycles. The number of benzene rings is 1. The van der Waals surface area contributed by atoms with Crippen molar-refractivity contribution in [1.82, 2.24) is 0 Å². The van der Waals surface area contributed by atoms with Crippen molar-refractivity contribution in [2.24, 2.45) is 11.8 Å². The first-order valence-corrected chi connectivity index (χ1v) is 7.06. The van der Waals surface area contributed by atoms with E-state index < -0.39 is 0 Å². The number of methoxy groups -OCH3 is 1. The molecule has 1 aromatic rings. The van der Waals surface area contributed by atoms with Crippen molar-refractivity contribution in [3.8, 4) is 0 Å². The molecule has 0 N–H and O–H groups in total. The second-order valence-electron chi connectivity index (χ2n) is 4.80. The van der Waals surface area contributed by atoms with Gasteiger partial charge >= 0.3 is 5.97 Å². The van der Waals surface area contributed by atoms with Gasteiger partial charge in [-0.25, -0.2) is 0 Å². The number of carbonyl (C=O) groups excluding carboxylic acids is 1. The fraction of sp³-hybridized carbons (Fsp3) is 0.312. The molecule has 1 aromatic carbocycles. The molecule has 0 aromatic heterocycles. The molecular weight excluding hydrogens is 304 g/mol. The summed E-state index contributed by atoms with van der Waals surface area (Å²) in [5.74, 6) is -0.182. The fourth-order valence-electron chi connectivity index (χ4n) is 2.38. The van der Waals surface area contributed by atoms with Crippen LogP contribution in [-0.2, 0) is 9.53 Å². The van der Waals surface area contributed by atoms with E-state index in [-0.39, 0.29) is 17.8 Å².